The molecule has 1 N–H and O–H groups in total. The summed E-state index contributed by atoms with van der Waals surface area (Å²) in [5.74, 6) is -3.23. The summed E-state index contributed by atoms with van der Waals surface area (Å²) < 4.78 is 45.6. The van der Waals surface area contributed by atoms with Crippen molar-refractivity contribution in [3.8, 4) is 0 Å². The van der Waals surface area contributed by atoms with Crippen molar-refractivity contribution in [2.24, 2.45) is 0 Å². The molecule has 0 amide bonds. The molecule has 1 aliphatic rings. The quantitative estimate of drug-likeness (QED) is 0.883. The lowest BCUT2D eigenvalue weighted by atomic mass is 10.0. The zero-order valence-electron chi connectivity index (χ0n) is 11.3. The van der Waals surface area contributed by atoms with Crippen LogP contribution in [0.5, 0.6) is 0 Å². The van der Waals surface area contributed by atoms with Gasteiger partial charge in [0.2, 0.25) is 0 Å². The van der Waals surface area contributed by atoms with Crippen molar-refractivity contribution in [3.05, 3.63) is 59.3 Å². The van der Waals surface area contributed by atoms with Crippen molar-refractivity contribution in [2.45, 2.75) is 6.04 Å². The van der Waals surface area contributed by atoms with Crippen LogP contribution < -0.4 is 5.32 Å². The molecule has 0 radical (unpaired) electrons. The van der Waals surface area contributed by atoms with E-state index in [0.29, 0.717) is 24.4 Å². The van der Waals surface area contributed by atoms with Gasteiger partial charge in [-0.2, -0.15) is 0 Å². The topological polar surface area (TPSA) is 28.4 Å². The molecule has 1 atom stereocenters. The summed E-state index contributed by atoms with van der Waals surface area (Å²) in [6, 6.07) is 5.13. The van der Waals surface area contributed by atoms with Gasteiger partial charge in [0.1, 0.15) is 5.76 Å². The van der Waals surface area contributed by atoms with Crippen LogP contribution in [0.4, 0.5) is 13.2 Å². The van der Waals surface area contributed by atoms with Crippen LogP contribution in [0.1, 0.15) is 17.4 Å². The number of benzene rings is 1. The lowest BCUT2D eigenvalue weighted by Gasteiger charge is -2.34. The third-order valence-corrected chi connectivity index (χ3v) is 3.65. The molecule has 6 heteroatoms. The highest BCUT2D eigenvalue weighted by molar-refractivity contribution is 5.29. The molecule has 1 saturated heterocycles. The highest BCUT2D eigenvalue weighted by Gasteiger charge is 2.27. The molecule has 3 nitrogen and oxygen atoms in total. The number of nitrogens with one attached hydrogen (secondary N) is 1. The van der Waals surface area contributed by atoms with Crippen LogP contribution in [-0.4, -0.2) is 31.1 Å². The van der Waals surface area contributed by atoms with E-state index in [9.17, 15) is 13.2 Å². The fourth-order valence-corrected chi connectivity index (χ4v) is 2.68. The second-order valence-electron chi connectivity index (χ2n) is 5.00. The molecule has 1 aliphatic heterocycles. The Kier molecular flexibility index (Phi) is 3.98. The Morgan fingerprint density at radius 2 is 1.76 bits per heavy atom. The molecule has 0 bridgehead atoms. The van der Waals surface area contributed by atoms with Gasteiger partial charge in [-0.1, -0.05) is 0 Å². The summed E-state index contributed by atoms with van der Waals surface area (Å²) in [7, 11) is 0. The third kappa shape index (κ3) is 2.82. The Balaban J connectivity index is 2.02. The predicted octanol–water partition coefficient (Wildman–Crippen LogP) is 2.69. The largest absolute Gasteiger partial charge is 0.467 e. The number of furan rings is 1. The molecule has 0 spiro atoms. The van der Waals surface area contributed by atoms with Crippen LogP contribution in [0.3, 0.4) is 0 Å². The fraction of sp³-hybridized carbons (Fsp3) is 0.333. The van der Waals surface area contributed by atoms with Gasteiger partial charge in [0.05, 0.1) is 12.3 Å². The summed E-state index contributed by atoms with van der Waals surface area (Å²) in [5.41, 5.74) is 0.350. The molecule has 1 aromatic carbocycles. The molecular weight excluding hydrogens is 281 g/mol. The first kappa shape index (κ1) is 14.2. The van der Waals surface area contributed by atoms with Gasteiger partial charge in [-0.25, -0.2) is 13.2 Å². The van der Waals surface area contributed by atoms with Crippen molar-refractivity contribution in [2.75, 3.05) is 26.2 Å². The molecule has 2 aromatic rings. The van der Waals surface area contributed by atoms with Crippen molar-refractivity contribution >= 4 is 0 Å². The van der Waals surface area contributed by atoms with Crippen LogP contribution in [0.25, 0.3) is 0 Å². The van der Waals surface area contributed by atoms with E-state index in [1.807, 2.05) is 0 Å². The monoisotopic (exact) mass is 296 g/mol. The number of nitrogens with zero attached hydrogens (tertiary/aromatic N) is 1. The first-order valence-corrected chi connectivity index (χ1v) is 6.79. The first-order valence-electron chi connectivity index (χ1n) is 6.79. The van der Waals surface area contributed by atoms with E-state index in [-0.39, 0.29) is 0 Å². The lowest BCUT2D eigenvalue weighted by Crippen LogP contribution is -2.45. The van der Waals surface area contributed by atoms with Crippen LogP contribution in [-0.2, 0) is 0 Å². The van der Waals surface area contributed by atoms with Crippen LogP contribution >= 0.6 is 0 Å². The Bertz CT molecular complexity index is 586. The van der Waals surface area contributed by atoms with E-state index in [4.69, 9.17) is 4.42 Å². The molecular formula is C15H15F3N2O. The van der Waals surface area contributed by atoms with Gasteiger partial charge >= 0.3 is 0 Å². The second-order valence-corrected chi connectivity index (χ2v) is 5.00. The number of rotatable bonds is 3. The zero-order chi connectivity index (χ0) is 14.8. The standard InChI is InChI=1S/C15H15F3N2O/c16-11-8-10(9-12(17)14(11)18)15(13-2-1-7-21-13)20-5-3-19-4-6-20/h1-2,7-9,15,19H,3-6H2/t15-/m1/s1. The SMILES string of the molecule is Fc1cc([C@H](c2ccco2)N2CCNCC2)cc(F)c1F. The Labute approximate surface area is 120 Å². The maximum Gasteiger partial charge on any atom is 0.194 e. The van der Waals surface area contributed by atoms with Crippen molar-refractivity contribution in [1.29, 1.82) is 0 Å². The molecule has 1 aromatic heterocycles. The summed E-state index contributed by atoms with van der Waals surface area (Å²) >= 11 is 0. The lowest BCUT2D eigenvalue weighted by molar-refractivity contribution is 0.179. The number of hydrogen-bond acceptors (Lipinski definition) is 3. The van der Waals surface area contributed by atoms with Crippen molar-refractivity contribution in [3.63, 3.8) is 0 Å². The number of hydrogen-bond donors (Lipinski definition) is 1. The van der Waals surface area contributed by atoms with Gasteiger partial charge in [0.15, 0.2) is 17.5 Å². The van der Waals surface area contributed by atoms with E-state index in [1.165, 1.54) is 6.26 Å². The van der Waals surface area contributed by atoms with Crippen LogP contribution in [0.2, 0.25) is 0 Å². The summed E-state index contributed by atoms with van der Waals surface area (Å²) in [6.07, 6.45) is 1.51. The molecule has 0 saturated carbocycles. The Morgan fingerprint density at radius 3 is 2.33 bits per heavy atom. The van der Waals surface area contributed by atoms with E-state index in [2.05, 4.69) is 10.2 Å². The van der Waals surface area contributed by atoms with E-state index in [0.717, 1.165) is 25.2 Å². The van der Waals surface area contributed by atoms with E-state index in [1.54, 1.807) is 12.1 Å². The predicted molar refractivity (Wildman–Crippen MR) is 71.3 cm³/mol. The van der Waals surface area contributed by atoms with E-state index < -0.39 is 23.5 Å². The maximum absolute atomic E-state index is 13.5. The minimum absolute atomic E-state index is 0.350. The summed E-state index contributed by atoms with van der Waals surface area (Å²) in [5, 5.41) is 3.22. The number of piperazine rings is 1. The minimum atomic E-state index is -1.45. The highest BCUT2D eigenvalue weighted by Crippen LogP contribution is 2.31. The van der Waals surface area contributed by atoms with Gasteiger partial charge in [-0.15, -0.1) is 0 Å². The average molecular weight is 296 g/mol. The maximum atomic E-state index is 13.5. The summed E-state index contributed by atoms with van der Waals surface area (Å²) in [6.45, 7) is 2.99. The molecule has 3 rings (SSSR count). The van der Waals surface area contributed by atoms with Crippen LogP contribution in [0.15, 0.2) is 34.9 Å². The minimum Gasteiger partial charge on any atom is -0.467 e. The van der Waals surface area contributed by atoms with Gasteiger partial charge in [0.25, 0.3) is 0 Å². The molecule has 21 heavy (non-hydrogen) atoms. The Hall–Kier alpha value is -1.79. The summed E-state index contributed by atoms with van der Waals surface area (Å²) in [4.78, 5) is 2.06. The first-order chi connectivity index (χ1) is 10.2. The second kappa shape index (κ2) is 5.91. The third-order valence-electron chi connectivity index (χ3n) is 3.65. The van der Waals surface area contributed by atoms with Gasteiger partial charge in [0, 0.05) is 26.2 Å². The Morgan fingerprint density at radius 1 is 1.10 bits per heavy atom. The van der Waals surface area contributed by atoms with Crippen molar-refractivity contribution in [1.82, 2.24) is 10.2 Å². The number of halogens is 3. The molecule has 0 unspecified atom stereocenters. The molecule has 1 fully saturated rings. The normalized spacial score (nSPS) is 17.9. The van der Waals surface area contributed by atoms with Crippen LogP contribution in [0, 0.1) is 17.5 Å². The highest BCUT2D eigenvalue weighted by atomic mass is 19.2. The fourth-order valence-electron chi connectivity index (χ4n) is 2.68. The molecule has 0 aliphatic carbocycles. The van der Waals surface area contributed by atoms with E-state index >= 15 is 0 Å². The zero-order valence-corrected chi connectivity index (χ0v) is 11.3. The smallest absolute Gasteiger partial charge is 0.194 e. The van der Waals surface area contributed by atoms with Gasteiger partial charge < -0.3 is 9.73 Å². The van der Waals surface area contributed by atoms with Gasteiger partial charge in [-0.05, 0) is 29.8 Å². The van der Waals surface area contributed by atoms with Crippen molar-refractivity contribution < 1.29 is 17.6 Å². The molecule has 112 valence electrons. The average Bonchev–Trinajstić information content (AvgIpc) is 3.00. The molecule has 2 heterocycles. The van der Waals surface area contributed by atoms with Gasteiger partial charge in [-0.3, -0.25) is 4.90 Å².